The maximum Gasteiger partial charge on any atom is 0.168 e. The number of rotatable bonds is 0. The molecule has 0 atom stereocenters. The molecule has 0 aliphatic heterocycles. The quantitative estimate of drug-likeness (QED) is 0.710. The summed E-state index contributed by atoms with van der Waals surface area (Å²) in [5.74, 6) is 0. The molecule has 0 N–H and O–H groups in total. The number of benzene rings is 1. The van der Waals surface area contributed by atoms with E-state index in [1.807, 2.05) is 13.0 Å². The van der Waals surface area contributed by atoms with Gasteiger partial charge in [0.2, 0.25) is 0 Å². The highest BCUT2D eigenvalue weighted by atomic mass is 79.9. The van der Waals surface area contributed by atoms with E-state index < -0.39 is 0 Å². The lowest BCUT2D eigenvalue weighted by Gasteiger charge is -1.95. The molecule has 0 saturated carbocycles. The molecule has 0 amide bonds. The smallest absolute Gasteiger partial charge is 0.168 e. The summed E-state index contributed by atoms with van der Waals surface area (Å²) in [5, 5.41) is 5.46. The summed E-state index contributed by atoms with van der Waals surface area (Å²) in [7, 11) is 0. The Kier molecular flexibility index (Phi) is 1.85. The van der Waals surface area contributed by atoms with Gasteiger partial charge in [-0.25, -0.2) is 0 Å². The van der Waals surface area contributed by atoms with Crippen LogP contribution < -0.4 is 0 Å². The van der Waals surface area contributed by atoms with Crippen LogP contribution in [0, 0.1) is 6.92 Å². The van der Waals surface area contributed by atoms with Crippen molar-refractivity contribution in [2.75, 3.05) is 0 Å². The molecule has 1 heterocycles. The first-order valence-corrected chi connectivity index (χ1v) is 4.57. The van der Waals surface area contributed by atoms with Gasteiger partial charge in [-0.2, -0.15) is 0 Å². The van der Waals surface area contributed by atoms with Crippen molar-refractivity contribution in [3.63, 3.8) is 0 Å². The average Bonchev–Trinajstić information content (AvgIpc) is 2.41. The Hall–Kier alpha value is -0.540. The Morgan fingerprint density at radius 2 is 2.25 bits per heavy atom. The minimum absolute atomic E-state index is 0.675. The molecule has 2 aromatic rings. The van der Waals surface area contributed by atoms with E-state index in [2.05, 4.69) is 21.1 Å². The van der Waals surface area contributed by atoms with Crippen LogP contribution in [-0.4, -0.2) is 5.16 Å². The van der Waals surface area contributed by atoms with Crippen molar-refractivity contribution < 1.29 is 4.52 Å². The van der Waals surface area contributed by atoms with Crippen molar-refractivity contribution >= 4 is 38.5 Å². The lowest BCUT2D eigenvalue weighted by atomic mass is 10.2. The van der Waals surface area contributed by atoms with Gasteiger partial charge in [0.1, 0.15) is 0 Å². The van der Waals surface area contributed by atoms with Gasteiger partial charge in [-0.15, -0.1) is 0 Å². The fourth-order valence-corrected chi connectivity index (χ4v) is 1.88. The second kappa shape index (κ2) is 2.75. The lowest BCUT2D eigenvalue weighted by molar-refractivity contribution is 0.450. The maximum absolute atomic E-state index is 5.90. The van der Waals surface area contributed by atoms with Gasteiger partial charge in [-0.1, -0.05) is 16.8 Å². The van der Waals surface area contributed by atoms with Gasteiger partial charge in [0.25, 0.3) is 0 Å². The Labute approximate surface area is 82.6 Å². The number of aromatic nitrogens is 1. The van der Waals surface area contributed by atoms with Gasteiger partial charge in [0, 0.05) is 4.47 Å². The summed E-state index contributed by atoms with van der Waals surface area (Å²) in [4.78, 5) is 0. The highest BCUT2D eigenvalue weighted by Crippen LogP contribution is 2.32. The third-order valence-corrected chi connectivity index (χ3v) is 3.07. The van der Waals surface area contributed by atoms with Crippen LogP contribution in [0.4, 0.5) is 0 Å². The number of aryl methyl sites for hydroxylation is 1. The van der Waals surface area contributed by atoms with Crippen LogP contribution in [0.15, 0.2) is 21.1 Å². The normalized spacial score (nSPS) is 10.9. The summed E-state index contributed by atoms with van der Waals surface area (Å²) in [6.45, 7) is 1.88. The average molecular weight is 246 g/mol. The summed E-state index contributed by atoms with van der Waals surface area (Å²) < 4.78 is 5.89. The molecule has 62 valence electrons. The van der Waals surface area contributed by atoms with Crippen molar-refractivity contribution in [2.24, 2.45) is 0 Å². The van der Waals surface area contributed by atoms with E-state index in [-0.39, 0.29) is 0 Å². The van der Waals surface area contributed by atoms with E-state index in [1.165, 1.54) is 0 Å². The molecule has 12 heavy (non-hydrogen) atoms. The molecular formula is C8H5BrClNO. The van der Waals surface area contributed by atoms with Gasteiger partial charge in [-0.3, -0.25) is 0 Å². The molecule has 0 unspecified atom stereocenters. The van der Waals surface area contributed by atoms with E-state index in [9.17, 15) is 0 Å². The Bertz CT molecular complexity index is 438. The zero-order valence-electron chi connectivity index (χ0n) is 6.27. The highest BCUT2D eigenvalue weighted by Gasteiger charge is 2.09. The number of nitrogens with zero attached hydrogens (tertiary/aromatic N) is 1. The maximum atomic E-state index is 5.90. The second-order valence-corrected chi connectivity index (χ2v) is 3.70. The number of hydrogen-bond donors (Lipinski definition) is 0. The number of fused-ring (bicyclic) bond motifs is 1. The highest BCUT2D eigenvalue weighted by molar-refractivity contribution is 9.10. The predicted molar refractivity (Wildman–Crippen MR) is 51.5 cm³/mol. The van der Waals surface area contributed by atoms with Crippen LogP contribution in [0.3, 0.4) is 0 Å². The zero-order valence-corrected chi connectivity index (χ0v) is 8.61. The Balaban J connectivity index is 2.96. The molecule has 0 aliphatic rings. The molecule has 0 fully saturated rings. The zero-order chi connectivity index (χ0) is 8.72. The Morgan fingerprint density at radius 3 is 3.00 bits per heavy atom. The summed E-state index contributed by atoms with van der Waals surface area (Å²) >= 11 is 9.28. The molecule has 0 radical (unpaired) electrons. The molecule has 1 aromatic heterocycles. The fraction of sp³-hybridized carbons (Fsp3) is 0.125. The third-order valence-electron chi connectivity index (χ3n) is 1.70. The van der Waals surface area contributed by atoms with Crippen LogP contribution in [0.1, 0.15) is 5.69 Å². The van der Waals surface area contributed by atoms with E-state index in [1.54, 1.807) is 6.07 Å². The van der Waals surface area contributed by atoms with E-state index in [0.29, 0.717) is 5.02 Å². The molecule has 0 bridgehead atoms. The van der Waals surface area contributed by atoms with E-state index >= 15 is 0 Å². The molecular weight excluding hydrogens is 241 g/mol. The molecule has 2 rings (SSSR count). The van der Waals surface area contributed by atoms with E-state index in [4.69, 9.17) is 16.1 Å². The van der Waals surface area contributed by atoms with Gasteiger partial charge < -0.3 is 4.52 Å². The van der Waals surface area contributed by atoms with Crippen LogP contribution >= 0.6 is 27.5 Å². The van der Waals surface area contributed by atoms with Crippen LogP contribution in [0.2, 0.25) is 5.02 Å². The van der Waals surface area contributed by atoms with Crippen molar-refractivity contribution in [2.45, 2.75) is 6.92 Å². The van der Waals surface area contributed by atoms with Crippen LogP contribution in [0.5, 0.6) is 0 Å². The van der Waals surface area contributed by atoms with Crippen molar-refractivity contribution in [3.05, 3.63) is 27.3 Å². The third kappa shape index (κ3) is 1.04. The molecule has 1 aromatic carbocycles. The molecule has 0 aliphatic carbocycles. The van der Waals surface area contributed by atoms with Crippen molar-refractivity contribution in [1.29, 1.82) is 0 Å². The van der Waals surface area contributed by atoms with Crippen molar-refractivity contribution in [1.82, 2.24) is 5.16 Å². The first kappa shape index (κ1) is 8.08. The van der Waals surface area contributed by atoms with Gasteiger partial charge in [0.15, 0.2) is 5.58 Å². The van der Waals surface area contributed by atoms with Gasteiger partial charge >= 0.3 is 0 Å². The minimum Gasteiger partial charge on any atom is -0.356 e. The molecule has 0 saturated heterocycles. The summed E-state index contributed by atoms with van der Waals surface area (Å²) in [5.41, 5.74) is 1.60. The van der Waals surface area contributed by atoms with Crippen LogP contribution in [0.25, 0.3) is 11.0 Å². The first-order valence-electron chi connectivity index (χ1n) is 3.40. The molecule has 4 heteroatoms. The fourth-order valence-electron chi connectivity index (χ4n) is 1.11. The number of halogens is 2. The minimum atomic E-state index is 0.675. The predicted octanol–water partition coefficient (Wildman–Crippen LogP) is 3.55. The summed E-state index contributed by atoms with van der Waals surface area (Å²) in [6, 6.07) is 3.58. The van der Waals surface area contributed by atoms with E-state index in [0.717, 1.165) is 21.1 Å². The first-order chi connectivity index (χ1) is 5.70. The summed E-state index contributed by atoms with van der Waals surface area (Å²) in [6.07, 6.45) is 0. The number of hydrogen-bond acceptors (Lipinski definition) is 2. The van der Waals surface area contributed by atoms with Crippen LogP contribution in [-0.2, 0) is 0 Å². The molecule has 0 spiro atoms. The van der Waals surface area contributed by atoms with Gasteiger partial charge in [0.05, 0.1) is 16.1 Å². The monoisotopic (exact) mass is 245 g/mol. The Morgan fingerprint density at radius 1 is 1.50 bits per heavy atom. The largest absolute Gasteiger partial charge is 0.356 e. The van der Waals surface area contributed by atoms with Crippen molar-refractivity contribution in [3.8, 4) is 0 Å². The lowest BCUT2D eigenvalue weighted by Crippen LogP contribution is -1.74. The standard InChI is InChI=1S/C8H5BrClNO/c1-4-7-6(12-11-4)3-2-5(10)8(7)9/h2-3H,1H3. The second-order valence-electron chi connectivity index (χ2n) is 2.50. The molecule has 2 nitrogen and oxygen atoms in total. The SMILES string of the molecule is Cc1noc2ccc(Cl)c(Br)c12. The van der Waals surface area contributed by atoms with Gasteiger partial charge in [-0.05, 0) is 35.0 Å². The topological polar surface area (TPSA) is 26.0 Å².